The highest BCUT2D eigenvalue weighted by atomic mass is 16.3. The highest BCUT2D eigenvalue weighted by Crippen LogP contribution is 2.24. The standard InChI is InChI=1S/C11H24N2O/c1-8(2)9-6-10(13-7-9)11(14)4-5-12-3/h8-14H,4-7H2,1-3H3. The molecule has 1 aliphatic rings. The molecule has 1 rings (SSSR count). The highest BCUT2D eigenvalue weighted by Gasteiger charge is 2.30. The van der Waals surface area contributed by atoms with E-state index in [4.69, 9.17) is 0 Å². The van der Waals surface area contributed by atoms with Gasteiger partial charge in [0.25, 0.3) is 0 Å². The summed E-state index contributed by atoms with van der Waals surface area (Å²) in [6, 6.07) is 0.316. The second-order valence-electron chi connectivity index (χ2n) is 4.71. The van der Waals surface area contributed by atoms with E-state index in [9.17, 15) is 5.11 Å². The molecule has 1 saturated heterocycles. The maximum atomic E-state index is 9.88. The van der Waals surface area contributed by atoms with E-state index >= 15 is 0 Å². The molecular weight excluding hydrogens is 176 g/mol. The maximum absolute atomic E-state index is 9.88. The third-order valence-corrected chi connectivity index (χ3v) is 3.30. The lowest BCUT2D eigenvalue weighted by Gasteiger charge is -2.18. The van der Waals surface area contributed by atoms with Crippen molar-refractivity contribution in [3.05, 3.63) is 0 Å². The molecule has 0 spiro atoms. The zero-order valence-electron chi connectivity index (χ0n) is 9.59. The molecule has 0 aromatic heterocycles. The summed E-state index contributed by atoms with van der Waals surface area (Å²) < 4.78 is 0. The minimum absolute atomic E-state index is 0.189. The van der Waals surface area contributed by atoms with Crippen LogP contribution >= 0.6 is 0 Å². The topological polar surface area (TPSA) is 44.3 Å². The van der Waals surface area contributed by atoms with Crippen molar-refractivity contribution in [3.8, 4) is 0 Å². The third kappa shape index (κ3) is 3.23. The van der Waals surface area contributed by atoms with Gasteiger partial charge < -0.3 is 15.7 Å². The Balaban J connectivity index is 2.26. The number of nitrogens with one attached hydrogen (secondary N) is 2. The smallest absolute Gasteiger partial charge is 0.0705 e. The molecule has 1 heterocycles. The summed E-state index contributed by atoms with van der Waals surface area (Å²) in [6.07, 6.45) is 1.79. The lowest BCUT2D eigenvalue weighted by atomic mass is 9.91. The number of aliphatic hydroxyl groups is 1. The molecule has 0 aromatic rings. The zero-order chi connectivity index (χ0) is 10.6. The Bertz CT molecular complexity index is 161. The van der Waals surface area contributed by atoms with E-state index in [0.717, 1.165) is 37.8 Å². The summed E-state index contributed by atoms with van der Waals surface area (Å²) in [5, 5.41) is 16.4. The fraction of sp³-hybridized carbons (Fsp3) is 1.00. The van der Waals surface area contributed by atoms with Crippen LogP contribution in [0.2, 0.25) is 0 Å². The first kappa shape index (κ1) is 12.0. The van der Waals surface area contributed by atoms with Crippen LogP contribution in [0.4, 0.5) is 0 Å². The predicted octanol–water partition coefficient (Wildman–Crippen LogP) is 0.591. The van der Waals surface area contributed by atoms with Crippen molar-refractivity contribution in [2.24, 2.45) is 11.8 Å². The van der Waals surface area contributed by atoms with Crippen molar-refractivity contribution in [2.75, 3.05) is 20.1 Å². The van der Waals surface area contributed by atoms with Crippen molar-refractivity contribution in [1.29, 1.82) is 0 Å². The molecule has 0 saturated carbocycles. The number of rotatable bonds is 5. The van der Waals surface area contributed by atoms with Gasteiger partial charge in [0.15, 0.2) is 0 Å². The Labute approximate surface area is 87.3 Å². The van der Waals surface area contributed by atoms with Gasteiger partial charge in [-0.2, -0.15) is 0 Å². The van der Waals surface area contributed by atoms with Crippen LogP contribution in [0.15, 0.2) is 0 Å². The van der Waals surface area contributed by atoms with Crippen molar-refractivity contribution in [1.82, 2.24) is 10.6 Å². The Morgan fingerprint density at radius 2 is 2.21 bits per heavy atom. The van der Waals surface area contributed by atoms with Gasteiger partial charge >= 0.3 is 0 Å². The van der Waals surface area contributed by atoms with E-state index in [-0.39, 0.29) is 6.10 Å². The fourth-order valence-electron chi connectivity index (χ4n) is 2.09. The molecule has 1 aliphatic heterocycles. The quantitative estimate of drug-likeness (QED) is 0.608. The molecule has 0 bridgehead atoms. The number of aliphatic hydroxyl groups excluding tert-OH is 1. The number of hydrogen-bond acceptors (Lipinski definition) is 3. The van der Waals surface area contributed by atoms with E-state index < -0.39 is 0 Å². The summed E-state index contributed by atoms with van der Waals surface area (Å²) in [5.41, 5.74) is 0. The zero-order valence-corrected chi connectivity index (χ0v) is 9.59. The molecule has 84 valence electrons. The van der Waals surface area contributed by atoms with Crippen molar-refractivity contribution in [2.45, 2.75) is 38.8 Å². The highest BCUT2D eigenvalue weighted by molar-refractivity contribution is 4.87. The van der Waals surface area contributed by atoms with Gasteiger partial charge in [0.1, 0.15) is 0 Å². The third-order valence-electron chi connectivity index (χ3n) is 3.30. The molecule has 1 fully saturated rings. The van der Waals surface area contributed by atoms with E-state index in [1.165, 1.54) is 0 Å². The molecule has 3 heteroatoms. The Morgan fingerprint density at radius 3 is 2.71 bits per heavy atom. The maximum Gasteiger partial charge on any atom is 0.0705 e. The van der Waals surface area contributed by atoms with Gasteiger partial charge in [0, 0.05) is 6.04 Å². The van der Waals surface area contributed by atoms with Gasteiger partial charge in [0.2, 0.25) is 0 Å². The largest absolute Gasteiger partial charge is 0.391 e. The summed E-state index contributed by atoms with van der Waals surface area (Å²) in [5.74, 6) is 1.47. The normalized spacial score (nSPS) is 29.8. The number of hydrogen-bond donors (Lipinski definition) is 3. The van der Waals surface area contributed by atoms with Crippen LogP contribution in [0, 0.1) is 11.8 Å². The van der Waals surface area contributed by atoms with Crippen molar-refractivity contribution >= 4 is 0 Å². The second kappa shape index (κ2) is 5.69. The minimum Gasteiger partial charge on any atom is -0.391 e. The molecule has 3 unspecified atom stereocenters. The molecule has 0 aromatic carbocycles. The van der Waals surface area contributed by atoms with Crippen LogP contribution < -0.4 is 10.6 Å². The first-order valence-corrected chi connectivity index (χ1v) is 5.71. The van der Waals surface area contributed by atoms with Gasteiger partial charge in [-0.3, -0.25) is 0 Å². The van der Waals surface area contributed by atoms with Gasteiger partial charge in [0.05, 0.1) is 6.10 Å². The predicted molar refractivity (Wildman–Crippen MR) is 59.3 cm³/mol. The SMILES string of the molecule is CNCCC(O)C1CC(C(C)C)CN1. The van der Waals surface area contributed by atoms with Gasteiger partial charge in [-0.15, -0.1) is 0 Å². The minimum atomic E-state index is -0.189. The first-order valence-electron chi connectivity index (χ1n) is 5.71. The van der Waals surface area contributed by atoms with E-state index in [0.29, 0.717) is 6.04 Å². The van der Waals surface area contributed by atoms with Crippen LogP contribution in [0.3, 0.4) is 0 Å². The van der Waals surface area contributed by atoms with Crippen molar-refractivity contribution in [3.63, 3.8) is 0 Å². The summed E-state index contributed by atoms with van der Waals surface area (Å²) in [6.45, 7) is 6.48. The molecule has 14 heavy (non-hydrogen) atoms. The molecule has 0 aliphatic carbocycles. The Kier molecular flexibility index (Phi) is 4.85. The molecule has 3 N–H and O–H groups in total. The monoisotopic (exact) mass is 200 g/mol. The van der Waals surface area contributed by atoms with Crippen LogP contribution in [0.25, 0.3) is 0 Å². The van der Waals surface area contributed by atoms with E-state index in [2.05, 4.69) is 24.5 Å². The average molecular weight is 200 g/mol. The second-order valence-corrected chi connectivity index (χ2v) is 4.71. The van der Waals surface area contributed by atoms with E-state index in [1.807, 2.05) is 7.05 Å². The lowest BCUT2D eigenvalue weighted by molar-refractivity contribution is 0.124. The molecule has 3 atom stereocenters. The summed E-state index contributed by atoms with van der Waals surface area (Å²) in [4.78, 5) is 0. The average Bonchev–Trinajstić information content (AvgIpc) is 2.62. The fourth-order valence-corrected chi connectivity index (χ4v) is 2.09. The van der Waals surface area contributed by atoms with Gasteiger partial charge in [-0.1, -0.05) is 13.8 Å². The van der Waals surface area contributed by atoms with Crippen LogP contribution in [0.5, 0.6) is 0 Å². The van der Waals surface area contributed by atoms with Crippen molar-refractivity contribution < 1.29 is 5.11 Å². The first-order chi connectivity index (χ1) is 6.65. The lowest BCUT2D eigenvalue weighted by Crippen LogP contribution is -2.36. The van der Waals surface area contributed by atoms with Crippen LogP contribution in [-0.2, 0) is 0 Å². The van der Waals surface area contributed by atoms with Crippen LogP contribution in [-0.4, -0.2) is 37.4 Å². The summed E-state index contributed by atoms with van der Waals surface area (Å²) in [7, 11) is 1.92. The van der Waals surface area contributed by atoms with Crippen LogP contribution in [0.1, 0.15) is 26.7 Å². The molecule has 0 amide bonds. The van der Waals surface area contributed by atoms with Gasteiger partial charge in [-0.05, 0) is 44.8 Å². The summed E-state index contributed by atoms with van der Waals surface area (Å²) >= 11 is 0. The van der Waals surface area contributed by atoms with E-state index in [1.54, 1.807) is 0 Å². The molecule has 0 radical (unpaired) electrons. The van der Waals surface area contributed by atoms with Gasteiger partial charge in [-0.25, -0.2) is 0 Å². The molecule has 3 nitrogen and oxygen atoms in total. The molecular formula is C11H24N2O. The Hall–Kier alpha value is -0.120. The Morgan fingerprint density at radius 1 is 1.50 bits per heavy atom.